The van der Waals surface area contributed by atoms with Crippen LogP contribution in [-0.2, 0) is 0 Å². The van der Waals surface area contributed by atoms with Crippen molar-refractivity contribution in [3.8, 4) is 0 Å². The fourth-order valence-electron chi connectivity index (χ4n) is 2.46. The lowest BCUT2D eigenvalue weighted by molar-refractivity contribution is 0.304. The molecule has 80 valence electrons. The van der Waals surface area contributed by atoms with Gasteiger partial charge in [-0.2, -0.15) is 0 Å². The quantitative estimate of drug-likeness (QED) is 0.696. The predicted molar refractivity (Wildman–Crippen MR) is 61.3 cm³/mol. The lowest BCUT2D eigenvalue weighted by Crippen LogP contribution is -2.37. The summed E-state index contributed by atoms with van der Waals surface area (Å²) in [6.45, 7) is 2.23. The summed E-state index contributed by atoms with van der Waals surface area (Å²) in [4.78, 5) is 4.86. The van der Waals surface area contributed by atoms with Gasteiger partial charge in [0.25, 0.3) is 0 Å². The molecule has 1 fully saturated rings. The van der Waals surface area contributed by atoms with E-state index >= 15 is 0 Å². The maximum atomic E-state index is 4.86. The zero-order chi connectivity index (χ0) is 10.3. The van der Waals surface area contributed by atoms with Gasteiger partial charge in [-0.15, -0.1) is 0 Å². The first-order valence-corrected chi connectivity index (χ1v) is 6.13. The largest absolute Gasteiger partial charge is 0.330 e. The molecule has 0 radical (unpaired) electrons. The highest BCUT2D eigenvalue weighted by molar-refractivity contribution is 5.25. The number of fused-ring (bicyclic) bond motifs is 1. The van der Waals surface area contributed by atoms with Gasteiger partial charge in [0.1, 0.15) is 5.49 Å². The van der Waals surface area contributed by atoms with Crippen LogP contribution in [0.3, 0.4) is 0 Å². The van der Waals surface area contributed by atoms with Crippen molar-refractivity contribution >= 4 is 6.08 Å². The van der Waals surface area contributed by atoms with Gasteiger partial charge in [-0.1, -0.05) is 13.0 Å². The average Bonchev–Trinajstić information content (AvgIpc) is 2.59. The summed E-state index contributed by atoms with van der Waals surface area (Å²) in [5.41, 5.74) is 1.25. The highest BCUT2D eigenvalue weighted by Crippen LogP contribution is 2.29. The van der Waals surface area contributed by atoms with Crippen molar-refractivity contribution < 1.29 is 0 Å². The van der Waals surface area contributed by atoms with Crippen molar-refractivity contribution in [1.82, 2.24) is 4.57 Å². The van der Waals surface area contributed by atoms with Crippen molar-refractivity contribution in [3.63, 3.8) is 0 Å². The van der Waals surface area contributed by atoms with Crippen LogP contribution in [-0.4, -0.2) is 10.6 Å². The van der Waals surface area contributed by atoms with Gasteiger partial charge in [-0.3, -0.25) is 4.99 Å². The summed E-state index contributed by atoms with van der Waals surface area (Å²) < 4.78 is 2.40. The van der Waals surface area contributed by atoms with E-state index in [1.54, 1.807) is 0 Å². The predicted octanol–water partition coefficient (Wildman–Crippen LogP) is 1.80. The Kier molecular flexibility index (Phi) is 2.15. The molecular weight excluding hydrogens is 184 g/mol. The van der Waals surface area contributed by atoms with E-state index in [9.17, 15) is 0 Å². The molecule has 2 heterocycles. The second-order valence-electron chi connectivity index (χ2n) is 4.72. The Labute approximate surface area is 90.3 Å². The molecule has 0 spiro atoms. The maximum absolute atomic E-state index is 4.86. The number of rotatable bonds is 2. The van der Waals surface area contributed by atoms with Gasteiger partial charge in [-0.05, 0) is 38.2 Å². The first kappa shape index (κ1) is 9.20. The Morgan fingerprint density at radius 2 is 2.33 bits per heavy atom. The molecular formula is C13H18N2. The molecule has 0 N–H and O–H groups in total. The number of aromatic nitrogens is 1. The molecule has 0 amide bonds. The number of hydrogen-bond acceptors (Lipinski definition) is 1. The molecule has 0 saturated heterocycles. The van der Waals surface area contributed by atoms with Crippen LogP contribution in [0.5, 0.6) is 0 Å². The van der Waals surface area contributed by atoms with Crippen LogP contribution in [0.15, 0.2) is 17.3 Å². The average molecular weight is 202 g/mol. The molecule has 1 aliphatic heterocycles. The van der Waals surface area contributed by atoms with Gasteiger partial charge in [0.2, 0.25) is 0 Å². The molecule has 2 nitrogen and oxygen atoms in total. The Morgan fingerprint density at radius 1 is 1.47 bits per heavy atom. The zero-order valence-corrected chi connectivity index (χ0v) is 9.32. The van der Waals surface area contributed by atoms with Crippen LogP contribution in [0.4, 0.5) is 0 Å². The van der Waals surface area contributed by atoms with Gasteiger partial charge in [0.15, 0.2) is 0 Å². The van der Waals surface area contributed by atoms with Crippen molar-refractivity contribution in [1.29, 1.82) is 0 Å². The summed E-state index contributed by atoms with van der Waals surface area (Å²) in [6, 6.07) is 3.48. The second kappa shape index (κ2) is 3.51. The zero-order valence-electron chi connectivity index (χ0n) is 9.32. The topological polar surface area (TPSA) is 17.3 Å². The van der Waals surface area contributed by atoms with Crippen molar-refractivity contribution in [3.05, 3.63) is 23.0 Å². The monoisotopic (exact) mass is 202 g/mol. The molecule has 0 bridgehead atoms. The lowest BCUT2D eigenvalue weighted by Gasteiger charge is -2.27. The van der Waals surface area contributed by atoms with Gasteiger partial charge < -0.3 is 4.57 Å². The minimum absolute atomic E-state index is 0.520. The highest BCUT2D eigenvalue weighted by Gasteiger charge is 2.21. The van der Waals surface area contributed by atoms with E-state index in [-0.39, 0.29) is 0 Å². The van der Waals surface area contributed by atoms with Crippen LogP contribution in [0.25, 0.3) is 6.08 Å². The first-order chi connectivity index (χ1) is 7.38. The summed E-state index contributed by atoms with van der Waals surface area (Å²) in [6.07, 6.45) is 10.9. The van der Waals surface area contributed by atoms with Crippen LogP contribution in [0.1, 0.15) is 45.1 Å². The van der Waals surface area contributed by atoms with Gasteiger partial charge in [0.05, 0.1) is 6.04 Å². The van der Waals surface area contributed by atoms with Crippen LogP contribution < -0.4 is 10.7 Å². The van der Waals surface area contributed by atoms with Crippen LogP contribution >= 0.6 is 0 Å². The molecule has 1 aromatic rings. The molecule has 0 aromatic carbocycles. The fraction of sp³-hybridized carbons (Fsp3) is 0.615. The van der Waals surface area contributed by atoms with Gasteiger partial charge >= 0.3 is 0 Å². The Balaban J connectivity index is 2.08. The minimum atomic E-state index is 0.520. The van der Waals surface area contributed by atoms with E-state index in [1.807, 2.05) is 0 Å². The lowest BCUT2D eigenvalue weighted by atomic mass is 9.93. The minimum Gasteiger partial charge on any atom is -0.330 e. The first-order valence-electron chi connectivity index (χ1n) is 6.13. The van der Waals surface area contributed by atoms with Crippen LogP contribution in [0, 0.1) is 0 Å². The molecule has 2 aliphatic rings. The smallest absolute Gasteiger partial charge is 0.135 e. The highest BCUT2D eigenvalue weighted by atomic mass is 15.1. The van der Waals surface area contributed by atoms with Gasteiger partial charge in [-0.25, -0.2) is 0 Å². The van der Waals surface area contributed by atoms with Crippen molar-refractivity contribution in [2.75, 3.05) is 0 Å². The molecule has 1 saturated carbocycles. The van der Waals surface area contributed by atoms with Crippen molar-refractivity contribution in [2.24, 2.45) is 4.99 Å². The molecule has 3 rings (SSSR count). The van der Waals surface area contributed by atoms with E-state index in [0.29, 0.717) is 6.04 Å². The normalized spacial score (nSPS) is 25.0. The molecule has 1 atom stereocenters. The van der Waals surface area contributed by atoms with Crippen molar-refractivity contribution in [2.45, 2.75) is 51.1 Å². The third kappa shape index (κ3) is 1.43. The van der Waals surface area contributed by atoms with E-state index in [4.69, 9.17) is 4.99 Å². The van der Waals surface area contributed by atoms with E-state index < -0.39 is 0 Å². The van der Waals surface area contributed by atoms with E-state index in [2.05, 4.69) is 29.8 Å². The SMILES string of the molecule is CCC1CC=c2ccn(C3CCC3)c2=N1. The Morgan fingerprint density at radius 3 is 3.00 bits per heavy atom. The molecule has 1 aliphatic carbocycles. The molecule has 1 unspecified atom stereocenters. The third-order valence-corrected chi connectivity index (χ3v) is 3.77. The van der Waals surface area contributed by atoms with Gasteiger partial charge in [0, 0.05) is 17.5 Å². The van der Waals surface area contributed by atoms with E-state index in [1.165, 1.54) is 30.0 Å². The summed E-state index contributed by atoms with van der Waals surface area (Å²) in [7, 11) is 0. The fourth-order valence-corrected chi connectivity index (χ4v) is 2.46. The number of hydrogen-bond donors (Lipinski definition) is 0. The Hall–Kier alpha value is -1.05. The molecule has 1 aromatic heterocycles. The summed E-state index contributed by atoms with van der Waals surface area (Å²) in [5.74, 6) is 0. The molecule has 15 heavy (non-hydrogen) atoms. The van der Waals surface area contributed by atoms with Crippen LogP contribution in [0.2, 0.25) is 0 Å². The third-order valence-electron chi connectivity index (χ3n) is 3.77. The van der Waals surface area contributed by atoms with E-state index in [0.717, 1.165) is 18.9 Å². The maximum Gasteiger partial charge on any atom is 0.135 e. The standard InChI is InChI=1S/C13H18N2/c1-2-11-7-6-10-8-9-15(13(10)14-11)12-4-3-5-12/h6,8-9,11-12H,2-5,7H2,1H3. The Bertz CT molecular complexity index is 465. The number of nitrogens with zero attached hydrogens (tertiary/aromatic N) is 2. The molecule has 2 heteroatoms. The second-order valence-corrected chi connectivity index (χ2v) is 4.72. The summed E-state index contributed by atoms with van der Waals surface area (Å²) >= 11 is 0. The summed E-state index contributed by atoms with van der Waals surface area (Å²) in [5, 5.41) is 1.35.